The van der Waals surface area contributed by atoms with E-state index in [1.165, 1.54) is 0 Å². The summed E-state index contributed by atoms with van der Waals surface area (Å²) in [7, 11) is 2.08. The maximum Gasteiger partial charge on any atom is 0.237 e. The fourth-order valence-electron chi connectivity index (χ4n) is 1.88. The molecular formula is C11H23N3O. The van der Waals surface area contributed by atoms with Crippen LogP contribution in [-0.2, 0) is 4.79 Å². The molecule has 0 aromatic carbocycles. The lowest BCUT2D eigenvalue weighted by molar-refractivity contribution is -0.124. The summed E-state index contributed by atoms with van der Waals surface area (Å²) in [4.78, 5) is 14.0. The second-order valence-corrected chi connectivity index (χ2v) is 4.88. The molecule has 2 atom stereocenters. The second-order valence-electron chi connectivity index (χ2n) is 4.88. The van der Waals surface area contributed by atoms with Gasteiger partial charge < -0.3 is 16.0 Å². The van der Waals surface area contributed by atoms with Gasteiger partial charge in [-0.3, -0.25) is 4.79 Å². The number of carbonyl (C=O) groups excluding carboxylic acids is 1. The second kappa shape index (κ2) is 5.47. The highest BCUT2D eigenvalue weighted by atomic mass is 16.2. The summed E-state index contributed by atoms with van der Waals surface area (Å²) in [6.07, 6.45) is 2.22. The van der Waals surface area contributed by atoms with Crippen molar-refractivity contribution in [3.8, 4) is 0 Å². The van der Waals surface area contributed by atoms with Crippen molar-refractivity contribution < 1.29 is 4.79 Å². The summed E-state index contributed by atoms with van der Waals surface area (Å²) in [5.74, 6) is 0.191. The van der Waals surface area contributed by atoms with E-state index in [2.05, 4.69) is 17.3 Å². The third-order valence-corrected chi connectivity index (χ3v) is 2.99. The molecule has 0 saturated carbocycles. The molecule has 0 unspecified atom stereocenters. The third-order valence-electron chi connectivity index (χ3n) is 2.99. The van der Waals surface area contributed by atoms with Crippen LogP contribution in [0.25, 0.3) is 0 Å². The topological polar surface area (TPSA) is 58.4 Å². The predicted octanol–water partition coefficient (Wildman–Crippen LogP) is 0.180. The molecular weight excluding hydrogens is 190 g/mol. The van der Waals surface area contributed by atoms with Gasteiger partial charge in [0.05, 0.1) is 6.04 Å². The minimum absolute atomic E-state index is 0.00898. The van der Waals surface area contributed by atoms with Crippen LogP contribution in [0.15, 0.2) is 0 Å². The maximum atomic E-state index is 11.7. The number of hydrogen-bond donors (Lipinski definition) is 2. The number of amides is 1. The van der Waals surface area contributed by atoms with Crippen LogP contribution in [0, 0.1) is 5.92 Å². The van der Waals surface area contributed by atoms with Crippen LogP contribution in [0.1, 0.15) is 26.7 Å². The van der Waals surface area contributed by atoms with E-state index in [4.69, 9.17) is 5.73 Å². The minimum Gasteiger partial charge on any atom is -0.351 e. The van der Waals surface area contributed by atoms with Crippen LogP contribution >= 0.6 is 0 Å². The fraction of sp³-hybridized carbons (Fsp3) is 0.909. The van der Waals surface area contributed by atoms with Crippen LogP contribution in [0.2, 0.25) is 0 Å². The first-order valence-electron chi connectivity index (χ1n) is 5.75. The van der Waals surface area contributed by atoms with Gasteiger partial charge in [0.15, 0.2) is 0 Å². The summed E-state index contributed by atoms with van der Waals surface area (Å²) in [6, 6.07) is -0.0988. The van der Waals surface area contributed by atoms with Gasteiger partial charge in [0.25, 0.3) is 0 Å². The number of nitrogens with two attached hydrogens (primary N) is 1. The van der Waals surface area contributed by atoms with Gasteiger partial charge in [0, 0.05) is 12.6 Å². The van der Waals surface area contributed by atoms with E-state index >= 15 is 0 Å². The van der Waals surface area contributed by atoms with E-state index in [0.29, 0.717) is 0 Å². The summed E-state index contributed by atoms with van der Waals surface area (Å²) >= 11 is 0. The first-order chi connectivity index (χ1) is 7.00. The van der Waals surface area contributed by atoms with Gasteiger partial charge in [-0.25, -0.2) is 0 Å². The van der Waals surface area contributed by atoms with Crippen LogP contribution in [-0.4, -0.2) is 43.0 Å². The van der Waals surface area contributed by atoms with Crippen LogP contribution in [0.4, 0.5) is 0 Å². The molecule has 0 bridgehead atoms. The van der Waals surface area contributed by atoms with E-state index in [1.807, 2.05) is 13.8 Å². The normalized spacial score (nSPS) is 25.3. The van der Waals surface area contributed by atoms with Gasteiger partial charge in [-0.2, -0.15) is 0 Å². The molecule has 1 saturated heterocycles. The largest absolute Gasteiger partial charge is 0.351 e. The van der Waals surface area contributed by atoms with Gasteiger partial charge in [-0.1, -0.05) is 13.8 Å². The molecule has 0 spiro atoms. The average Bonchev–Trinajstić information content (AvgIpc) is 2.16. The van der Waals surface area contributed by atoms with Crippen LogP contribution in [0.5, 0.6) is 0 Å². The molecule has 1 aliphatic heterocycles. The summed E-state index contributed by atoms with van der Waals surface area (Å²) in [6.45, 7) is 6.01. The zero-order valence-electron chi connectivity index (χ0n) is 9.99. The smallest absolute Gasteiger partial charge is 0.237 e. The first-order valence-corrected chi connectivity index (χ1v) is 5.75. The quantitative estimate of drug-likeness (QED) is 0.703. The molecule has 88 valence electrons. The van der Waals surface area contributed by atoms with Crippen LogP contribution < -0.4 is 11.1 Å². The molecule has 1 heterocycles. The lowest BCUT2D eigenvalue weighted by Crippen LogP contribution is -2.52. The Balaban J connectivity index is 2.37. The maximum absolute atomic E-state index is 11.7. The molecule has 1 rings (SSSR count). The highest BCUT2D eigenvalue weighted by molar-refractivity contribution is 5.82. The molecule has 4 heteroatoms. The van der Waals surface area contributed by atoms with Crippen molar-refractivity contribution in [2.24, 2.45) is 11.7 Å². The Labute approximate surface area is 92.2 Å². The van der Waals surface area contributed by atoms with Gasteiger partial charge in [-0.15, -0.1) is 0 Å². The summed E-state index contributed by atoms with van der Waals surface area (Å²) in [5, 5.41) is 3.02. The van der Waals surface area contributed by atoms with E-state index in [0.717, 1.165) is 25.9 Å². The first kappa shape index (κ1) is 12.5. The number of carbonyl (C=O) groups is 1. The molecule has 15 heavy (non-hydrogen) atoms. The highest BCUT2D eigenvalue weighted by Gasteiger charge is 2.23. The third kappa shape index (κ3) is 3.80. The number of nitrogens with one attached hydrogen (secondary N) is 1. The van der Waals surface area contributed by atoms with E-state index in [-0.39, 0.29) is 23.9 Å². The number of nitrogens with zero attached hydrogens (tertiary/aromatic N) is 1. The number of likely N-dealkylation sites (tertiary alicyclic amines) is 1. The molecule has 4 nitrogen and oxygen atoms in total. The van der Waals surface area contributed by atoms with Crippen molar-refractivity contribution >= 4 is 5.91 Å². The van der Waals surface area contributed by atoms with Crippen molar-refractivity contribution in [2.75, 3.05) is 20.1 Å². The Kier molecular flexibility index (Phi) is 4.54. The molecule has 3 N–H and O–H groups in total. The Bertz CT molecular complexity index is 218. The van der Waals surface area contributed by atoms with Gasteiger partial charge in [0.1, 0.15) is 0 Å². The zero-order valence-corrected chi connectivity index (χ0v) is 9.99. The standard InChI is InChI=1S/C11H23N3O/c1-8(2)10(12)11(15)13-9-5-4-6-14(3)7-9/h8-10H,4-7,12H2,1-3H3,(H,13,15)/t9-,10-/m0/s1. The van der Waals surface area contributed by atoms with Crippen molar-refractivity contribution in [1.29, 1.82) is 0 Å². The summed E-state index contributed by atoms with van der Waals surface area (Å²) in [5.41, 5.74) is 5.79. The Morgan fingerprint density at radius 1 is 1.53 bits per heavy atom. The minimum atomic E-state index is -0.378. The van der Waals surface area contributed by atoms with Gasteiger partial charge >= 0.3 is 0 Å². The van der Waals surface area contributed by atoms with Crippen LogP contribution in [0.3, 0.4) is 0 Å². The molecule has 1 fully saturated rings. The van der Waals surface area contributed by atoms with Crippen molar-refractivity contribution in [3.63, 3.8) is 0 Å². The van der Waals surface area contributed by atoms with Gasteiger partial charge in [0.2, 0.25) is 5.91 Å². The van der Waals surface area contributed by atoms with E-state index < -0.39 is 0 Å². The lowest BCUT2D eigenvalue weighted by Gasteiger charge is -2.31. The Hall–Kier alpha value is -0.610. The zero-order chi connectivity index (χ0) is 11.4. The van der Waals surface area contributed by atoms with E-state index in [1.54, 1.807) is 0 Å². The SMILES string of the molecule is CC(C)[C@H](N)C(=O)N[C@H]1CCCN(C)C1. The monoisotopic (exact) mass is 213 g/mol. The predicted molar refractivity (Wildman–Crippen MR) is 61.5 cm³/mol. The lowest BCUT2D eigenvalue weighted by atomic mass is 10.0. The molecule has 0 radical (unpaired) electrons. The Morgan fingerprint density at radius 3 is 2.73 bits per heavy atom. The Morgan fingerprint density at radius 2 is 2.20 bits per heavy atom. The summed E-state index contributed by atoms with van der Waals surface area (Å²) < 4.78 is 0. The van der Waals surface area contributed by atoms with Crippen molar-refractivity contribution in [3.05, 3.63) is 0 Å². The molecule has 0 aliphatic carbocycles. The molecule has 1 aliphatic rings. The van der Waals surface area contributed by atoms with Crippen molar-refractivity contribution in [1.82, 2.24) is 10.2 Å². The number of piperidine rings is 1. The number of likely N-dealkylation sites (N-methyl/N-ethyl adjacent to an activating group) is 1. The van der Waals surface area contributed by atoms with Gasteiger partial charge in [-0.05, 0) is 32.4 Å². The molecule has 0 aromatic rings. The fourth-order valence-corrected chi connectivity index (χ4v) is 1.88. The number of hydrogen-bond acceptors (Lipinski definition) is 3. The van der Waals surface area contributed by atoms with Crippen molar-refractivity contribution in [2.45, 2.75) is 38.8 Å². The molecule has 0 aromatic heterocycles. The molecule has 1 amide bonds. The van der Waals surface area contributed by atoms with E-state index in [9.17, 15) is 4.79 Å². The number of rotatable bonds is 3. The highest BCUT2D eigenvalue weighted by Crippen LogP contribution is 2.08. The average molecular weight is 213 g/mol.